The Hall–Kier alpha value is -0.220. The molecule has 3 nitrogen and oxygen atoms in total. The molecule has 0 aromatic rings. The van der Waals surface area contributed by atoms with Gasteiger partial charge in [-0.05, 0) is 45.3 Å². The predicted molar refractivity (Wildman–Crippen MR) is 80.4 cm³/mol. The van der Waals surface area contributed by atoms with Gasteiger partial charge in [-0.3, -0.25) is 10.1 Å². The zero-order valence-corrected chi connectivity index (χ0v) is 13.3. The summed E-state index contributed by atoms with van der Waals surface area (Å²) in [6, 6.07) is 0.197. The molecule has 0 rings (SSSR count). The smallest absolute Gasteiger partial charge is 0.323 e. The van der Waals surface area contributed by atoms with Crippen LogP contribution in [0.15, 0.2) is 0 Å². The summed E-state index contributed by atoms with van der Waals surface area (Å²) in [6.07, 6.45) is 3.47. The molecule has 18 heavy (non-hydrogen) atoms. The number of hydrogen-bond donors (Lipinski definition) is 2. The van der Waals surface area contributed by atoms with Crippen LogP contribution in [0.5, 0.6) is 0 Å². The van der Waals surface area contributed by atoms with Crippen LogP contribution in [-0.2, 0) is 4.79 Å². The Bertz CT molecular complexity index is 246. The summed E-state index contributed by atoms with van der Waals surface area (Å²) in [5, 5.41) is 13.4. The maximum atomic E-state index is 11.5. The molecule has 0 saturated carbocycles. The maximum absolute atomic E-state index is 11.5. The summed E-state index contributed by atoms with van der Waals surface area (Å²) in [6.45, 7) is 10.4. The molecule has 4 heteroatoms. The van der Waals surface area contributed by atoms with Gasteiger partial charge in [0.15, 0.2) is 0 Å². The molecule has 0 aliphatic rings. The first-order chi connectivity index (χ1) is 8.38. The highest BCUT2D eigenvalue weighted by molar-refractivity contribution is 7.99. The van der Waals surface area contributed by atoms with Crippen molar-refractivity contribution in [3.8, 4) is 0 Å². The van der Waals surface area contributed by atoms with E-state index in [1.807, 2.05) is 32.5 Å². The topological polar surface area (TPSA) is 49.3 Å². The highest BCUT2D eigenvalue weighted by atomic mass is 32.2. The van der Waals surface area contributed by atoms with E-state index in [-0.39, 0.29) is 6.04 Å². The van der Waals surface area contributed by atoms with Gasteiger partial charge in [0, 0.05) is 11.3 Å². The van der Waals surface area contributed by atoms with Gasteiger partial charge in [0.2, 0.25) is 0 Å². The third kappa shape index (κ3) is 6.10. The van der Waals surface area contributed by atoms with Gasteiger partial charge >= 0.3 is 5.97 Å². The molecule has 0 saturated heterocycles. The summed E-state index contributed by atoms with van der Waals surface area (Å²) in [5.41, 5.74) is -0.746. The third-order valence-corrected chi connectivity index (χ3v) is 4.73. The molecule has 0 bridgehead atoms. The van der Waals surface area contributed by atoms with Gasteiger partial charge in [0.1, 0.15) is 5.54 Å². The number of carboxylic acids is 1. The van der Waals surface area contributed by atoms with E-state index in [0.717, 1.165) is 12.2 Å². The van der Waals surface area contributed by atoms with Gasteiger partial charge in [-0.15, -0.1) is 0 Å². The van der Waals surface area contributed by atoms with Crippen molar-refractivity contribution in [1.29, 1.82) is 0 Å². The Morgan fingerprint density at radius 1 is 1.33 bits per heavy atom. The Kier molecular flexibility index (Phi) is 8.70. The minimum absolute atomic E-state index is 0.197. The zero-order chi connectivity index (χ0) is 14.2. The standard InChI is InChI=1S/C14H29NO2S/c1-6-12(5)18-10-8-9-14(7-2,13(16)17)15-11(3)4/h11-12,15H,6-10H2,1-5H3,(H,16,17). The fourth-order valence-electron chi connectivity index (χ4n) is 2.00. The normalized spacial score (nSPS) is 16.6. The highest BCUT2D eigenvalue weighted by Crippen LogP contribution is 2.22. The Labute approximate surface area is 116 Å². The number of nitrogens with one attached hydrogen (secondary N) is 1. The lowest BCUT2D eigenvalue weighted by Gasteiger charge is -2.31. The van der Waals surface area contributed by atoms with Crippen LogP contribution in [0.4, 0.5) is 0 Å². The van der Waals surface area contributed by atoms with Crippen molar-refractivity contribution in [3.63, 3.8) is 0 Å². The summed E-state index contributed by atoms with van der Waals surface area (Å²) in [7, 11) is 0. The van der Waals surface area contributed by atoms with E-state index in [2.05, 4.69) is 19.2 Å². The van der Waals surface area contributed by atoms with Crippen LogP contribution in [0.3, 0.4) is 0 Å². The first kappa shape index (κ1) is 17.8. The van der Waals surface area contributed by atoms with Crippen LogP contribution in [0, 0.1) is 0 Å². The average Bonchev–Trinajstić information content (AvgIpc) is 2.31. The van der Waals surface area contributed by atoms with Crippen LogP contribution >= 0.6 is 11.8 Å². The van der Waals surface area contributed by atoms with Crippen LogP contribution in [0.2, 0.25) is 0 Å². The van der Waals surface area contributed by atoms with E-state index in [0.29, 0.717) is 18.1 Å². The van der Waals surface area contributed by atoms with Crippen molar-refractivity contribution in [2.75, 3.05) is 5.75 Å². The molecule has 0 aliphatic carbocycles. The first-order valence-corrected chi connectivity index (χ1v) is 8.05. The molecular weight excluding hydrogens is 246 g/mol. The van der Waals surface area contributed by atoms with Crippen molar-refractivity contribution in [1.82, 2.24) is 5.32 Å². The second-order valence-corrected chi connectivity index (χ2v) is 6.78. The summed E-state index contributed by atoms with van der Waals surface area (Å²) in [5.74, 6) is 0.330. The van der Waals surface area contributed by atoms with E-state index < -0.39 is 11.5 Å². The molecule has 0 amide bonds. The zero-order valence-electron chi connectivity index (χ0n) is 12.5. The molecule has 0 spiro atoms. The van der Waals surface area contributed by atoms with E-state index in [1.54, 1.807) is 0 Å². The number of carboxylic acid groups (broad SMARTS) is 1. The van der Waals surface area contributed by atoms with E-state index in [4.69, 9.17) is 0 Å². The molecule has 2 unspecified atom stereocenters. The molecule has 0 aliphatic heterocycles. The summed E-state index contributed by atoms with van der Waals surface area (Å²) >= 11 is 1.94. The second kappa shape index (κ2) is 8.81. The molecular formula is C14H29NO2S. The lowest BCUT2D eigenvalue weighted by Crippen LogP contribution is -2.54. The predicted octanol–water partition coefficient (Wildman–Crippen LogP) is 3.53. The fraction of sp³-hybridized carbons (Fsp3) is 0.929. The lowest BCUT2D eigenvalue weighted by atomic mass is 9.90. The SMILES string of the molecule is CCC(C)SCCCC(CC)(NC(C)C)C(=O)O. The summed E-state index contributed by atoms with van der Waals surface area (Å²) in [4.78, 5) is 11.5. The van der Waals surface area contributed by atoms with Crippen molar-refractivity contribution in [2.24, 2.45) is 0 Å². The summed E-state index contributed by atoms with van der Waals surface area (Å²) < 4.78 is 0. The number of hydrogen-bond acceptors (Lipinski definition) is 3. The average molecular weight is 275 g/mol. The number of rotatable bonds is 10. The van der Waals surface area contributed by atoms with E-state index in [9.17, 15) is 9.90 Å². The minimum atomic E-state index is -0.746. The minimum Gasteiger partial charge on any atom is -0.480 e. The van der Waals surface area contributed by atoms with Gasteiger partial charge in [-0.25, -0.2) is 0 Å². The Morgan fingerprint density at radius 3 is 2.33 bits per heavy atom. The molecule has 108 valence electrons. The quantitative estimate of drug-likeness (QED) is 0.599. The van der Waals surface area contributed by atoms with Gasteiger partial charge in [-0.2, -0.15) is 11.8 Å². The van der Waals surface area contributed by atoms with Gasteiger partial charge < -0.3 is 5.11 Å². The fourth-order valence-corrected chi connectivity index (χ4v) is 2.95. The molecule has 0 aromatic heterocycles. The number of aliphatic carboxylic acids is 1. The number of carbonyl (C=O) groups is 1. The Balaban J connectivity index is 4.29. The third-order valence-electron chi connectivity index (χ3n) is 3.30. The van der Waals surface area contributed by atoms with Crippen molar-refractivity contribution in [2.45, 2.75) is 77.1 Å². The van der Waals surface area contributed by atoms with Gasteiger partial charge in [-0.1, -0.05) is 20.8 Å². The number of thioether (sulfide) groups is 1. The molecule has 0 radical (unpaired) electrons. The Morgan fingerprint density at radius 2 is 1.94 bits per heavy atom. The van der Waals surface area contributed by atoms with Crippen LogP contribution in [0.1, 0.15) is 60.3 Å². The van der Waals surface area contributed by atoms with E-state index in [1.165, 1.54) is 6.42 Å². The van der Waals surface area contributed by atoms with Crippen molar-refractivity contribution in [3.05, 3.63) is 0 Å². The van der Waals surface area contributed by atoms with Crippen LogP contribution < -0.4 is 5.32 Å². The molecule has 0 heterocycles. The van der Waals surface area contributed by atoms with Crippen LogP contribution in [0.25, 0.3) is 0 Å². The maximum Gasteiger partial charge on any atom is 0.323 e. The van der Waals surface area contributed by atoms with Crippen molar-refractivity contribution >= 4 is 17.7 Å². The molecule has 2 atom stereocenters. The lowest BCUT2D eigenvalue weighted by molar-refractivity contribution is -0.145. The monoisotopic (exact) mass is 275 g/mol. The highest BCUT2D eigenvalue weighted by Gasteiger charge is 2.36. The second-order valence-electron chi connectivity index (χ2n) is 5.23. The molecule has 0 fully saturated rings. The molecule has 0 aromatic carbocycles. The largest absolute Gasteiger partial charge is 0.480 e. The molecule has 2 N–H and O–H groups in total. The van der Waals surface area contributed by atoms with Crippen LogP contribution in [-0.4, -0.2) is 33.7 Å². The van der Waals surface area contributed by atoms with Gasteiger partial charge in [0.05, 0.1) is 0 Å². The first-order valence-electron chi connectivity index (χ1n) is 7.00. The van der Waals surface area contributed by atoms with Crippen molar-refractivity contribution < 1.29 is 9.90 Å². The van der Waals surface area contributed by atoms with E-state index >= 15 is 0 Å². The van der Waals surface area contributed by atoms with Gasteiger partial charge in [0.25, 0.3) is 0 Å².